The Morgan fingerprint density at radius 3 is 2.37 bits per heavy atom. The van der Waals surface area contributed by atoms with E-state index in [4.69, 9.17) is 23.2 Å². The summed E-state index contributed by atoms with van der Waals surface area (Å²) in [5.74, 6) is 0. The Balaban J connectivity index is 1.78. The van der Waals surface area contributed by atoms with E-state index >= 15 is 0 Å². The van der Waals surface area contributed by atoms with Gasteiger partial charge in [-0.05, 0) is 41.0 Å². The minimum atomic E-state index is -0.762. The van der Waals surface area contributed by atoms with Crippen LogP contribution in [-0.4, -0.2) is 15.1 Å². The van der Waals surface area contributed by atoms with Crippen molar-refractivity contribution < 1.29 is 5.11 Å². The summed E-state index contributed by atoms with van der Waals surface area (Å²) in [4.78, 5) is 8.48. The van der Waals surface area contributed by atoms with E-state index in [2.05, 4.69) is 9.97 Å². The number of benzene rings is 2. The van der Waals surface area contributed by atoms with Crippen LogP contribution < -0.4 is 0 Å². The Kier molecular flexibility index (Phi) is 5.08. The lowest BCUT2D eigenvalue weighted by Crippen LogP contribution is -2.01. The minimum Gasteiger partial charge on any atom is -0.384 e. The summed E-state index contributed by atoms with van der Waals surface area (Å²) in [5.41, 5.74) is 4.10. The number of hydrogen-bond acceptors (Lipinski definition) is 3. The molecule has 0 spiro atoms. The molecule has 0 fully saturated rings. The molecule has 4 aromatic rings. The number of aliphatic hydroxyl groups excluding tert-OH is 1. The third-order valence-corrected chi connectivity index (χ3v) is 5.30. The van der Waals surface area contributed by atoms with Gasteiger partial charge in [0.25, 0.3) is 0 Å². The van der Waals surface area contributed by atoms with Crippen LogP contribution in [0.15, 0.2) is 73.1 Å². The topological polar surface area (TPSA) is 46.0 Å². The van der Waals surface area contributed by atoms with Crippen LogP contribution in [0.4, 0.5) is 0 Å². The van der Waals surface area contributed by atoms with Gasteiger partial charge < -0.3 is 5.11 Å². The van der Waals surface area contributed by atoms with Gasteiger partial charge >= 0.3 is 0 Å². The highest BCUT2D eigenvalue weighted by Crippen LogP contribution is 2.34. The Morgan fingerprint density at radius 2 is 1.63 bits per heavy atom. The zero-order chi connectivity index (χ0) is 18.8. The quantitative estimate of drug-likeness (QED) is 0.457. The number of aliphatic hydroxyl groups is 1. The third kappa shape index (κ3) is 3.67. The molecule has 1 atom stereocenters. The summed E-state index contributed by atoms with van der Waals surface area (Å²) in [6, 6.07) is 19.1. The van der Waals surface area contributed by atoms with E-state index in [0.29, 0.717) is 22.1 Å². The predicted octanol–water partition coefficient (Wildman–Crippen LogP) is 5.61. The molecule has 3 nitrogen and oxygen atoms in total. The van der Waals surface area contributed by atoms with Gasteiger partial charge in [-0.3, -0.25) is 4.98 Å². The molecule has 0 bridgehead atoms. The molecule has 5 heteroatoms. The molecular weight excluding hydrogens is 379 g/mol. The lowest BCUT2D eigenvalue weighted by atomic mass is 9.99. The van der Waals surface area contributed by atoms with Crippen molar-refractivity contribution in [3.05, 3.63) is 105 Å². The fraction of sp³-hybridized carbons (Fsp3) is 0.0909. The monoisotopic (exact) mass is 394 g/mol. The van der Waals surface area contributed by atoms with E-state index in [1.807, 2.05) is 48.5 Å². The molecule has 0 saturated heterocycles. The first kappa shape index (κ1) is 17.9. The first-order chi connectivity index (χ1) is 13.1. The fourth-order valence-corrected chi connectivity index (χ4v) is 3.72. The van der Waals surface area contributed by atoms with Crippen LogP contribution in [0.25, 0.3) is 10.9 Å². The van der Waals surface area contributed by atoms with Crippen LogP contribution in [0.5, 0.6) is 0 Å². The molecule has 27 heavy (non-hydrogen) atoms. The highest BCUT2D eigenvalue weighted by Gasteiger charge is 2.16. The standard InChI is InChI=1S/C22H16Cl2N2O/c23-20-17-13-16(21(27)15-8-10-25-11-9-15)6-7-19(17)26-22(24)18(20)12-14-4-2-1-3-5-14/h1-11,13,21,27H,12H2. The van der Waals surface area contributed by atoms with Crippen LogP contribution in [-0.2, 0) is 6.42 Å². The Hall–Kier alpha value is -2.46. The first-order valence-corrected chi connectivity index (χ1v) is 9.28. The van der Waals surface area contributed by atoms with E-state index in [0.717, 1.165) is 27.6 Å². The predicted molar refractivity (Wildman–Crippen MR) is 109 cm³/mol. The van der Waals surface area contributed by atoms with E-state index in [1.165, 1.54) is 0 Å². The molecule has 2 aromatic carbocycles. The summed E-state index contributed by atoms with van der Waals surface area (Å²) in [7, 11) is 0. The second-order valence-corrected chi connectivity index (χ2v) is 7.05. The van der Waals surface area contributed by atoms with Crippen molar-refractivity contribution in [3.63, 3.8) is 0 Å². The zero-order valence-electron chi connectivity index (χ0n) is 14.3. The molecule has 1 unspecified atom stereocenters. The smallest absolute Gasteiger partial charge is 0.134 e. The second kappa shape index (κ2) is 7.65. The SMILES string of the molecule is OC(c1ccncc1)c1ccc2nc(Cl)c(Cc3ccccc3)c(Cl)c2c1. The second-order valence-electron chi connectivity index (χ2n) is 6.32. The van der Waals surface area contributed by atoms with Gasteiger partial charge in [0, 0.05) is 29.8 Å². The van der Waals surface area contributed by atoms with Crippen LogP contribution in [0.2, 0.25) is 10.2 Å². The maximum Gasteiger partial charge on any atom is 0.134 e. The molecule has 1 N–H and O–H groups in total. The Morgan fingerprint density at radius 1 is 0.889 bits per heavy atom. The number of hydrogen-bond donors (Lipinski definition) is 1. The van der Waals surface area contributed by atoms with Crippen LogP contribution >= 0.6 is 23.2 Å². The third-order valence-electron chi connectivity index (χ3n) is 4.55. The van der Waals surface area contributed by atoms with Crippen molar-refractivity contribution in [1.82, 2.24) is 9.97 Å². The number of halogens is 2. The lowest BCUT2D eigenvalue weighted by Gasteiger charge is -2.14. The van der Waals surface area contributed by atoms with Crippen molar-refractivity contribution in [3.8, 4) is 0 Å². The van der Waals surface area contributed by atoms with Gasteiger partial charge in [-0.25, -0.2) is 4.98 Å². The van der Waals surface area contributed by atoms with E-state index < -0.39 is 6.10 Å². The first-order valence-electron chi connectivity index (χ1n) is 8.53. The van der Waals surface area contributed by atoms with Gasteiger partial charge in [-0.1, -0.05) is 59.6 Å². The van der Waals surface area contributed by atoms with Crippen LogP contribution in [0.3, 0.4) is 0 Å². The summed E-state index contributed by atoms with van der Waals surface area (Å²) < 4.78 is 0. The molecule has 134 valence electrons. The molecule has 0 aliphatic carbocycles. The van der Waals surface area contributed by atoms with Crippen LogP contribution in [0, 0.1) is 0 Å². The van der Waals surface area contributed by atoms with E-state index in [-0.39, 0.29) is 0 Å². The summed E-state index contributed by atoms with van der Waals surface area (Å²) in [6.45, 7) is 0. The average molecular weight is 395 g/mol. The maximum absolute atomic E-state index is 10.7. The fourth-order valence-electron chi connectivity index (χ4n) is 3.11. The molecule has 0 saturated carbocycles. The normalized spacial score (nSPS) is 12.3. The molecular formula is C22H16Cl2N2O. The molecule has 0 radical (unpaired) electrons. The van der Waals surface area contributed by atoms with Gasteiger partial charge in [0.2, 0.25) is 0 Å². The Bertz CT molecular complexity index is 1090. The number of nitrogens with zero attached hydrogens (tertiary/aromatic N) is 2. The lowest BCUT2D eigenvalue weighted by molar-refractivity contribution is 0.220. The molecule has 0 amide bonds. The molecule has 0 aliphatic heterocycles. The van der Waals surface area contributed by atoms with Crippen molar-refractivity contribution in [1.29, 1.82) is 0 Å². The number of aromatic nitrogens is 2. The number of pyridine rings is 2. The summed E-state index contributed by atoms with van der Waals surface area (Å²) >= 11 is 13.1. The van der Waals surface area contributed by atoms with Gasteiger partial charge in [0.05, 0.1) is 10.5 Å². The highest BCUT2D eigenvalue weighted by atomic mass is 35.5. The summed E-state index contributed by atoms with van der Waals surface area (Å²) in [5, 5.41) is 12.4. The Labute approximate surface area is 167 Å². The van der Waals surface area contributed by atoms with Crippen molar-refractivity contribution in [2.24, 2.45) is 0 Å². The van der Waals surface area contributed by atoms with Gasteiger partial charge in [0.15, 0.2) is 0 Å². The van der Waals surface area contributed by atoms with E-state index in [1.54, 1.807) is 24.5 Å². The molecule has 2 heterocycles. The van der Waals surface area contributed by atoms with Crippen LogP contribution in [0.1, 0.15) is 28.4 Å². The molecule has 2 aromatic heterocycles. The highest BCUT2D eigenvalue weighted by molar-refractivity contribution is 6.39. The molecule has 0 aliphatic rings. The van der Waals surface area contributed by atoms with Gasteiger partial charge in [-0.2, -0.15) is 0 Å². The van der Waals surface area contributed by atoms with Gasteiger partial charge in [0.1, 0.15) is 11.3 Å². The summed E-state index contributed by atoms with van der Waals surface area (Å²) in [6.07, 6.45) is 3.15. The molecule has 4 rings (SSSR count). The number of rotatable bonds is 4. The average Bonchev–Trinajstić information content (AvgIpc) is 2.72. The van der Waals surface area contributed by atoms with Gasteiger partial charge in [-0.15, -0.1) is 0 Å². The van der Waals surface area contributed by atoms with E-state index in [9.17, 15) is 5.11 Å². The van der Waals surface area contributed by atoms with Crippen molar-refractivity contribution in [2.75, 3.05) is 0 Å². The zero-order valence-corrected chi connectivity index (χ0v) is 15.8. The largest absolute Gasteiger partial charge is 0.384 e. The number of fused-ring (bicyclic) bond motifs is 1. The van der Waals surface area contributed by atoms with Crippen molar-refractivity contribution in [2.45, 2.75) is 12.5 Å². The minimum absolute atomic E-state index is 0.402. The van der Waals surface area contributed by atoms with Crippen molar-refractivity contribution >= 4 is 34.1 Å². The maximum atomic E-state index is 10.7.